The van der Waals surface area contributed by atoms with E-state index in [1.54, 1.807) is 0 Å². The molecule has 0 bridgehead atoms. The van der Waals surface area contributed by atoms with Crippen molar-refractivity contribution in [3.05, 3.63) is 0 Å². The number of hydrogen-bond donors (Lipinski definition) is 5. The minimum absolute atomic E-state index is 0. The Morgan fingerprint density at radius 2 is 2.00 bits per heavy atom. The van der Waals surface area contributed by atoms with Gasteiger partial charge in [-0.25, -0.2) is 4.57 Å². The number of nitrogens with one attached hydrogen (secondary N) is 2. The van der Waals surface area contributed by atoms with Gasteiger partial charge in [0.05, 0.1) is 8.41 Å². The van der Waals surface area contributed by atoms with E-state index in [2.05, 4.69) is 5.73 Å². The van der Waals surface area contributed by atoms with E-state index >= 15 is 0 Å². The van der Waals surface area contributed by atoms with Gasteiger partial charge in [0.2, 0.25) is 0 Å². The zero-order valence-electron chi connectivity index (χ0n) is 3.83. The van der Waals surface area contributed by atoms with Crippen LogP contribution >= 0.6 is 7.75 Å². The third-order valence-corrected chi connectivity index (χ3v) is 0.798. The molecule has 0 aromatic heterocycles. The molecule has 0 aromatic carbocycles. The smallest absolute Gasteiger partial charge is 0.370 e. The molecule has 6 N–H and O–H groups in total. The average molecular weight is 153 g/mol. The van der Waals surface area contributed by atoms with Gasteiger partial charge in [0, 0.05) is 0 Å². The monoisotopic (exact) mass is 153 g/mol. The number of nitrogens with two attached hydrogens (primary N) is 1. The van der Waals surface area contributed by atoms with Gasteiger partial charge in [0.15, 0.2) is 5.96 Å². The summed E-state index contributed by atoms with van der Waals surface area (Å²) in [5.41, 5.74) is 4.56. The Morgan fingerprint density at radius 3 is 2.00 bits per heavy atom. The first kappa shape index (κ1) is 11.3. The maximum Gasteiger partial charge on any atom is 0.429 e. The molecule has 0 rings (SSSR count). The van der Waals surface area contributed by atoms with Crippen LogP contribution in [0.25, 0.3) is 0 Å². The van der Waals surface area contributed by atoms with Crippen LogP contribution < -0.4 is 10.8 Å². The fraction of sp³-hybridized carbons (Fsp3) is 0. The molecule has 54 valence electrons. The van der Waals surface area contributed by atoms with Gasteiger partial charge in [0.25, 0.3) is 0 Å². The number of rotatable bonds is 1. The van der Waals surface area contributed by atoms with Crippen LogP contribution in [-0.2, 0) is 4.57 Å². The van der Waals surface area contributed by atoms with Crippen molar-refractivity contribution in [2.24, 2.45) is 5.73 Å². The van der Waals surface area contributed by atoms with E-state index < -0.39 is 13.7 Å². The van der Waals surface area contributed by atoms with Gasteiger partial charge in [-0.05, 0) is 0 Å². The standard InChI is InChI=1S/CH6N3O3P.BH3/c2-1(3)4-8(5,6)7;/h(H6,2,3,4,5,6,7);1H3. The Labute approximate surface area is 53.7 Å². The second kappa shape index (κ2) is 3.50. The van der Waals surface area contributed by atoms with Gasteiger partial charge in [-0.2, -0.15) is 0 Å². The van der Waals surface area contributed by atoms with Crippen molar-refractivity contribution in [2.75, 3.05) is 0 Å². The Kier molecular flexibility index (Phi) is 4.39. The van der Waals surface area contributed by atoms with Crippen molar-refractivity contribution in [3.63, 3.8) is 0 Å². The highest BCUT2D eigenvalue weighted by molar-refractivity contribution is 7.50. The predicted molar refractivity (Wildman–Crippen MR) is 37.0 cm³/mol. The zero-order valence-corrected chi connectivity index (χ0v) is 4.72. The van der Waals surface area contributed by atoms with Crippen LogP contribution in [0.2, 0.25) is 0 Å². The lowest BCUT2D eigenvalue weighted by Crippen LogP contribution is -2.27. The largest absolute Gasteiger partial charge is 0.429 e. The molecule has 0 aromatic rings. The average Bonchev–Trinajstić information content (AvgIpc) is 1.21. The van der Waals surface area contributed by atoms with Crippen LogP contribution in [0, 0.1) is 5.41 Å². The summed E-state index contributed by atoms with van der Waals surface area (Å²) in [7, 11) is -4.32. The maximum absolute atomic E-state index is 9.80. The molecule has 0 fully saturated rings. The molecule has 0 saturated carbocycles. The molecule has 0 atom stereocenters. The molecule has 0 aliphatic rings. The highest BCUT2D eigenvalue weighted by Gasteiger charge is 2.10. The lowest BCUT2D eigenvalue weighted by atomic mass is 10.8. The fourth-order valence-electron chi connectivity index (χ4n) is 0.157. The van der Waals surface area contributed by atoms with Crippen LogP contribution in [0.3, 0.4) is 0 Å². The minimum Gasteiger partial charge on any atom is -0.370 e. The Balaban J connectivity index is 0. The Bertz CT molecular complexity index is 142. The quantitative estimate of drug-likeness (QED) is 0.122. The number of guanidine groups is 1. The van der Waals surface area contributed by atoms with Crippen molar-refractivity contribution in [1.29, 1.82) is 5.41 Å². The third-order valence-electron chi connectivity index (χ3n) is 0.266. The number of hydrogen-bond acceptors (Lipinski definition) is 2. The minimum atomic E-state index is -4.32. The van der Waals surface area contributed by atoms with Crippen molar-refractivity contribution < 1.29 is 14.4 Å². The normalized spacial score (nSPS) is 9.56. The molecule has 0 unspecified atom stereocenters. The van der Waals surface area contributed by atoms with Crippen molar-refractivity contribution in [2.45, 2.75) is 0 Å². The lowest BCUT2D eigenvalue weighted by Gasteiger charge is -2.02. The van der Waals surface area contributed by atoms with E-state index in [1.165, 1.54) is 5.09 Å². The van der Waals surface area contributed by atoms with Crippen LogP contribution in [0.15, 0.2) is 0 Å². The summed E-state index contributed by atoms with van der Waals surface area (Å²) in [6.07, 6.45) is 0. The molecular weight excluding hydrogens is 144 g/mol. The predicted octanol–water partition coefficient (Wildman–Crippen LogP) is -2.62. The molecule has 0 radical (unpaired) electrons. The van der Waals surface area contributed by atoms with Crippen molar-refractivity contribution in [1.82, 2.24) is 5.09 Å². The maximum atomic E-state index is 9.80. The first-order valence-electron chi connectivity index (χ1n) is 1.59. The molecule has 6 nitrogen and oxygen atoms in total. The SMILES string of the molecule is B.N=C(N)NP(=O)(O)O. The van der Waals surface area contributed by atoms with Crippen molar-refractivity contribution >= 4 is 22.1 Å². The summed E-state index contributed by atoms with van der Waals surface area (Å²) in [6.45, 7) is 0. The summed E-state index contributed by atoms with van der Waals surface area (Å²) < 4.78 is 9.80. The second-order valence-corrected chi connectivity index (χ2v) is 2.38. The molecule has 0 heterocycles. The van der Waals surface area contributed by atoms with Gasteiger partial charge >= 0.3 is 7.75 Å². The summed E-state index contributed by atoms with van der Waals surface area (Å²) in [5.74, 6) is -0.738. The molecule has 8 heteroatoms. The third kappa shape index (κ3) is 11.2. The van der Waals surface area contributed by atoms with E-state index in [-0.39, 0.29) is 8.41 Å². The molecule has 9 heavy (non-hydrogen) atoms. The second-order valence-electron chi connectivity index (χ2n) is 1.07. The first-order valence-corrected chi connectivity index (χ1v) is 3.21. The van der Waals surface area contributed by atoms with Crippen molar-refractivity contribution in [3.8, 4) is 0 Å². The topological polar surface area (TPSA) is 119 Å². The lowest BCUT2D eigenvalue weighted by molar-refractivity contribution is 0.367. The van der Waals surface area contributed by atoms with Gasteiger partial charge in [-0.1, -0.05) is 0 Å². The highest BCUT2D eigenvalue weighted by atomic mass is 31.2. The summed E-state index contributed by atoms with van der Waals surface area (Å²) in [4.78, 5) is 15.9. The van der Waals surface area contributed by atoms with Gasteiger partial charge < -0.3 is 15.5 Å². The Morgan fingerprint density at radius 1 is 1.67 bits per heavy atom. The summed E-state index contributed by atoms with van der Waals surface area (Å²) >= 11 is 0. The van der Waals surface area contributed by atoms with Gasteiger partial charge in [0.1, 0.15) is 0 Å². The zero-order chi connectivity index (χ0) is 6.78. The summed E-state index contributed by atoms with van der Waals surface area (Å²) in [6, 6.07) is 0. The first-order chi connectivity index (χ1) is 3.42. The van der Waals surface area contributed by atoms with Gasteiger partial charge in [-0.15, -0.1) is 0 Å². The van der Waals surface area contributed by atoms with E-state index in [4.69, 9.17) is 15.2 Å². The van der Waals surface area contributed by atoms with Crippen LogP contribution in [0.4, 0.5) is 0 Å². The molecule has 0 aliphatic carbocycles. The van der Waals surface area contributed by atoms with E-state index in [1.807, 2.05) is 0 Å². The molecule has 0 saturated heterocycles. The summed E-state index contributed by atoms with van der Waals surface area (Å²) in [5, 5.41) is 7.73. The van der Waals surface area contributed by atoms with Crippen LogP contribution in [-0.4, -0.2) is 24.2 Å². The van der Waals surface area contributed by atoms with Crippen LogP contribution in [0.5, 0.6) is 0 Å². The highest BCUT2D eigenvalue weighted by Crippen LogP contribution is 2.26. The van der Waals surface area contributed by atoms with E-state index in [0.29, 0.717) is 0 Å². The molecule has 0 aliphatic heterocycles. The molecule has 0 spiro atoms. The van der Waals surface area contributed by atoms with Crippen LogP contribution in [0.1, 0.15) is 0 Å². The Hall–Kier alpha value is -0.515. The van der Waals surface area contributed by atoms with Gasteiger partial charge in [-0.3, -0.25) is 10.5 Å². The fourth-order valence-corrected chi connectivity index (χ4v) is 0.471. The van der Waals surface area contributed by atoms with E-state index in [0.717, 1.165) is 0 Å². The molecule has 0 amide bonds. The molecular formula is CH9BN3O3P. The van der Waals surface area contributed by atoms with E-state index in [9.17, 15) is 4.57 Å².